The van der Waals surface area contributed by atoms with E-state index in [4.69, 9.17) is 4.52 Å². The van der Waals surface area contributed by atoms with Crippen molar-refractivity contribution in [3.05, 3.63) is 107 Å². The maximum atomic E-state index is 13.5. The first kappa shape index (κ1) is 27.1. The smallest absolute Gasteiger partial charge is 0.308 e. The topological polar surface area (TPSA) is 39.5 Å². The first-order chi connectivity index (χ1) is 17.4. The van der Waals surface area contributed by atoms with Gasteiger partial charge in [0.25, 0.3) is 0 Å². The standard InChI is InChI=1S/C26H22F6N3OP/c1-34-23(18-10-6-12-20(14-18)25(27,28)29)24(19-11-7-13-21(15-19)26(30,31)32)35(2)37(34)36-22(16-33)17-8-4-3-5-9-17/h3-15,22-24H,1-2H3/t22?,23-,24-/m1/s1. The molecule has 1 saturated heterocycles. The van der Waals surface area contributed by atoms with Crippen molar-refractivity contribution in [2.75, 3.05) is 14.1 Å². The number of likely N-dealkylation sites (N-methyl/N-ethyl adjacent to an activating group) is 2. The monoisotopic (exact) mass is 537 g/mol. The Bertz CT molecular complexity index is 1210. The number of nitrogens with zero attached hydrogens (tertiary/aromatic N) is 3. The summed E-state index contributed by atoms with van der Waals surface area (Å²) in [4.78, 5) is 0. The largest absolute Gasteiger partial charge is 0.416 e. The zero-order valence-corrected chi connectivity index (χ0v) is 20.6. The quantitative estimate of drug-likeness (QED) is 0.245. The molecule has 3 atom stereocenters. The van der Waals surface area contributed by atoms with Gasteiger partial charge in [0, 0.05) is 0 Å². The first-order valence-corrected chi connectivity index (χ1v) is 12.3. The molecule has 0 saturated carbocycles. The van der Waals surface area contributed by atoms with Crippen molar-refractivity contribution < 1.29 is 30.9 Å². The molecule has 0 N–H and O–H groups in total. The molecule has 1 fully saturated rings. The van der Waals surface area contributed by atoms with Gasteiger partial charge in [0.05, 0.1) is 29.3 Å². The summed E-state index contributed by atoms with van der Waals surface area (Å²) in [5.74, 6) is 0. The van der Waals surface area contributed by atoms with Gasteiger partial charge in [-0.2, -0.15) is 31.6 Å². The molecule has 1 aliphatic rings. The van der Waals surface area contributed by atoms with Crippen LogP contribution in [0, 0.1) is 11.3 Å². The average molecular weight is 537 g/mol. The number of halogens is 6. The van der Waals surface area contributed by atoms with E-state index in [9.17, 15) is 31.6 Å². The fourth-order valence-electron chi connectivity index (χ4n) is 4.47. The third-order valence-electron chi connectivity index (χ3n) is 6.17. The molecular formula is C26H22F6N3OP. The van der Waals surface area contributed by atoms with Crippen LogP contribution in [-0.4, -0.2) is 23.4 Å². The zero-order chi connectivity index (χ0) is 27.0. The van der Waals surface area contributed by atoms with E-state index < -0.39 is 50.1 Å². The molecular weight excluding hydrogens is 515 g/mol. The molecule has 3 aromatic rings. The summed E-state index contributed by atoms with van der Waals surface area (Å²) in [5, 5.41) is 9.78. The van der Waals surface area contributed by atoms with Crippen molar-refractivity contribution in [3.63, 3.8) is 0 Å². The highest BCUT2D eigenvalue weighted by Crippen LogP contribution is 2.64. The number of rotatable bonds is 5. The van der Waals surface area contributed by atoms with Crippen molar-refractivity contribution in [3.8, 4) is 6.07 Å². The molecule has 0 aromatic heterocycles. The minimum atomic E-state index is -4.59. The van der Waals surface area contributed by atoms with E-state index in [0.29, 0.717) is 5.56 Å². The summed E-state index contributed by atoms with van der Waals surface area (Å²) in [6.07, 6.45) is -10.2. The van der Waals surface area contributed by atoms with Crippen molar-refractivity contribution in [1.82, 2.24) is 9.34 Å². The highest BCUT2D eigenvalue weighted by atomic mass is 31.2. The van der Waals surface area contributed by atoms with Crippen LogP contribution in [0.2, 0.25) is 0 Å². The molecule has 1 aliphatic heterocycles. The van der Waals surface area contributed by atoms with Gasteiger partial charge in [-0.05, 0) is 55.1 Å². The Balaban J connectivity index is 1.80. The molecule has 37 heavy (non-hydrogen) atoms. The highest BCUT2D eigenvalue weighted by molar-refractivity contribution is 7.47. The zero-order valence-electron chi connectivity index (χ0n) is 19.7. The van der Waals surface area contributed by atoms with Crippen LogP contribution in [0.3, 0.4) is 0 Å². The van der Waals surface area contributed by atoms with Gasteiger partial charge < -0.3 is 4.52 Å². The predicted molar refractivity (Wildman–Crippen MR) is 127 cm³/mol. The number of alkyl halides is 6. The highest BCUT2D eigenvalue weighted by Gasteiger charge is 2.48. The van der Waals surface area contributed by atoms with Gasteiger partial charge in [0.15, 0.2) is 14.6 Å². The third-order valence-corrected chi connectivity index (χ3v) is 8.15. The molecule has 11 heteroatoms. The number of hydrogen-bond acceptors (Lipinski definition) is 4. The lowest BCUT2D eigenvalue weighted by atomic mass is 9.91. The summed E-state index contributed by atoms with van der Waals surface area (Å²) in [6, 6.07) is 18.7. The SMILES string of the molecule is CN1[C@H](c2cccc(C(F)(F)F)c2)[C@@H](c2cccc(C(F)(F)F)c2)N(C)P1OC(C#N)c1ccccc1. The van der Waals surface area contributed by atoms with Crippen molar-refractivity contribution in [2.45, 2.75) is 30.5 Å². The summed E-state index contributed by atoms with van der Waals surface area (Å²) in [5.41, 5.74) is -0.588. The van der Waals surface area contributed by atoms with Crippen molar-refractivity contribution in [1.29, 1.82) is 5.26 Å². The minimum absolute atomic E-state index is 0.272. The van der Waals surface area contributed by atoms with E-state index in [1.165, 1.54) is 24.3 Å². The van der Waals surface area contributed by atoms with Gasteiger partial charge in [0.1, 0.15) is 0 Å². The van der Waals surface area contributed by atoms with Crippen molar-refractivity contribution in [2.24, 2.45) is 0 Å². The summed E-state index contributed by atoms with van der Waals surface area (Å²) < 4.78 is 90.6. The Hall–Kier alpha value is -2.96. The predicted octanol–water partition coefficient (Wildman–Crippen LogP) is 7.89. The van der Waals surface area contributed by atoms with Gasteiger partial charge in [-0.25, -0.2) is 9.34 Å². The fourth-order valence-corrected chi connectivity index (χ4v) is 6.51. The van der Waals surface area contributed by atoms with E-state index in [2.05, 4.69) is 6.07 Å². The second-order valence-electron chi connectivity index (χ2n) is 8.56. The van der Waals surface area contributed by atoms with Crippen LogP contribution in [-0.2, 0) is 16.9 Å². The lowest BCUT2D eigenvalue weighted by molar-refractivity contribution is -0.138. The van der Waals surface area contributed by atoms with E-state index in [-0.39, 0.29) is 11.1 Å². The summed E-state index contributed by atoms with van der Waals surface area (Å²) in [6.45, 7) is 0. The fraction of sp³-hybridized carbons (Fsp3) is 0.269. The Labute approximate surface area is 211 Å². The van der Waals surface area contributed by atoms with Crippen LogP contribution in [0.25, 0.3) is 0 Å². The van der Waals surface area contributed by atoms with Crippen LogP contribution >= 0.6 is 8.45 Å². The molecule has 0 spiro atoms. The molecule has 194 valence electrons. The average Bonchev–Trinajstić information content (AvgIpc) is 3.11. The Morgan fingerprint density at radius 3 is 1.62 bits per heavy atom. The van der Waals surface area contributed by atoms with E-state index >= 15 is 0 Å². The summed E-state index contributed by atoms with van der Waals surface area (Å²) >= 11 is 0. The van der Waals surface area contributed by atoms with E-state index in [1.807, 2.05) is 0 Å². The number of hydrogen-bond donors (Lipinski definition) is 0. The van der Waals surface area contributed by atoms with Gasteiger partial charge in [-0.3, -0.25) is 0 Å². The molecule has 3 aromatic carbocycles. The van der Waals surface area contributed by atoms with Gasteiger partial charge in [-0.15, -0.1) is 0 Å². The van der Waals surface area contributed by atoms with Gasteiger partial charge in [-0.1, -0.05) is 54.6 Å². The number of nitriles is 1. The normalized spacial score (nSPS) is 20.6. The third kappa shape index (κ3) is 5.65. The Kier molecular flexibility index (Phi) is 7.63. The lowest BCUT2D eigenvalue weighted by Gasteiger charge is -2.27. The summed E-state index contributed by atoms with van der Waals surface area (Å²) in [7, 11) is 1.52. The van der Waals surface area contributed by atoms with Gasteiger partial charge >= 0.3 is 12.4 Å². The molecule has 4 nitrogen and oxygen atoms in total. The molecule has 0 bridgehead atoms. The van der Waals surface area contributed by atoms with Gasteiger partial charge in [0.2, 0.25) is 0 Å². The second kappa shape index (κ2) is 10.4. The molecule has 0 aliphatic carbocycles. The van der Waals surface area contributed by atoms with Crippen LogP contribution in [0.15, 0.2) is 78.9 Å². The molecule has 0 radical (unpaired) electrons. The first-order valence-electron chi connectivity index (χ1n) is 11.1. The van der Waals surface area contributed by atoms with Crippen molar-refractivity contribution >= 4 is 8.45 Å². The Morgan fingerprint density at radius 2 is 1.22 bits per heavy atom. The maximum Gasteiger partial charge on any atom is 0.416 e. The van der Waals surface area contributed by atoms with Crippen LogP contribution < -0.4 is 0 Å². The van der Waals surface area contributed by atoms with E-state index in [0.717, 1.165) is 24.3 Å². The van der Waals surface area contributed by atoms with Crippen LogP contribution in [0.4, 0.5) is 26.3 Å². The molecule has 1 unspecified atom stereocenters. The van der Waals surface area contributed by atoms with Crippen LogP contribution in [0.1, 0.15) is 46.0 Å². The van der Waals surface area contributed by atoms with E-state index in [1.54, 1.807) is 53.8 Å². The second-order valence-corrected chi connectivity index (χ2v) is 10.5. The molecule has 4 rings (SSSR count). The minimum Gasteiger partial charge on any atom is -0.308 e. The number of benzene rings is 3. The Morgan fingerprint density at radius 1 is 0.757 bits per heavy atom. The lowest BCUT2D eigenvalue weighted by Crippen LogP contribution is -2.22. The molecule has 1 heterocycles. The van der Waals surface area contributed by atoms with Crippen LogP contribution in [0.5, 0.6) is 0 Å². The maximum absolute atomic E-state index is 13.5. The molecule has 0 amide bonds.